The molecule has 1 amide bonds. The van der Waals surface area contributed by atoms with Gasteiger partial charge in [-0.2, -0.15) is 0 Å². The number of carbonyl (C=O) groups is 1. The van der Waals surface area contributed by atoms with E-state index in [0.717, 1.165) is 18.8 Å². The van der Waals surface area contributed by atoms with Crippen LogP contribution >= 0.6 is 0 Å². The second-order valence-corrected chi connectivity index (χ2v) is 4.88. The monoisotopic (exact) mass is 243 g/mol. The fourth-order valence-electron chi connectivity index (χ4n) is 2.40. The van der Waals surface area contributed by atoms with E-state index in [9.17, 15) is 4.79 Å². The lowest BCUT2D eigenvalue weighted by Gasteiger charge is -2.45. The van der Waals surface area contributed by atoms with Crippen molar-refractivity contribution in [1.29, 1.82) is 0 Å². The molecule has 1 saturated carbocycles. The molecule has 1 saturated heterocycles. The van der Waals surface area contributed by atoms with Gasteiger partial charge in [-0.25, -0.2) is 0 Å². The lowest BCUT2D eigenvalue weighted by atomic mass is 9.93. The van der Waals surface area contributed by atoms with Crippen LogP contribution in [0.25, 0.3) is 0 Å². The molecule has 1 heterocycles. The molecular weight excluding hydrogens is 222 g/mol. The van der Waals surface area contributed by atoms with Crippen molar-refractivity contribution < 1.29 is 19.4 Å². The van der Waals surface area contributed by atoms with Crippen LogP contribution in [-0.4, -0.2) is 48.7 Å². The summed E-state index contributed by atoms with van der Waals surface area (Å²) in [4.78, 5) is 13.1. The summed E-state index contributed by atoms with van der Waals surface area (Å²) >= 11 is 0. The maximum Gasteiger partial charge on any atom is 0.256 e. The van der Waals surface area contributed by atoms with Crippen LogP contribution in [0.2, 0.25) is 0 Å². The Morgan fingerprint density at radius 2 is 2.18 bits per heavy atom. The van der Waals surface area contributed by atoms with Crippen LogP contribution in [0.5, 0.6) is 0 Å². The Morgan fingerprint density at radius 3 is 2.76 bits per heavy atom. The molecule has 0 radical (unpaired) electrons. The van der Waals surface area contributed by atoms with E-state index in [-0.39, 0.29) is 25.5 Å². The highest BCUT2D eigenvalue weighted by Crippen LogP contribution is 2.35. The number of β-lactam (4-membered cyclic amide) rings is 1. The van der Waals surface area contributed by atoms with Crippen molar-refractivity contribution in [2.75, 3.05) is 20.6 Å². The molecule has 2 fully saturated rings. The smallest absolute Gasteiger partial charge is 0.256 e. The number of aliphatic hydroxyl groups is 1. The molecule has 2 rings (SSSR count). The van der Waals surface area contributed by atoms with Gasteiger partial charge in [0.1, 0.15) is 13.5 Å². The van der Waals surface area contributed by atoms with Crippen LogP contribution in [0.15, 0.2) is 0 Å². The summed E-state index contributed by atoms with van der Waals surface area (Å²) in [5.74, 6) is 0.785. The summed E-state index contributed by atoms with van der Waals surface area (Å²) in [5.41, 5.74) is 0. The Kier molecular flexibility index (Phi) is 4.36. The van der Waals surface area contributed by atoms with Gasteiger partial charge in [0.05, 0.1) is 6.04 Å². The van der Waals surface area contributed by atoms with Gasteiger partial charge in [0.15, 0.2) is 6.10 Å². The fraction of sp³-hybridized carbons (Fsp3) is 0.917. The number of rotatable bonds is 8. The highest BCUT2D eigenvalue weighted by molar-refractivity contribution is 5.88. The summed E-state index contributed by atoms with van der Waals surface area (Å²) in [6, 6.07) is 0.0291. The van der Waals surface area contributed by atoms with E-state index >= 15 is 0 Å². The predicted octanol–water partition coefficient (Wildman–Crippen LogP) is 0.716. The summed E-state index contributed by atoms with van der Waals surface area (Å²) in [5, 5.41) is 9.11. The van der Waals surface area contributed by atoms with E-state index in [1.54, 1.807) is 0 Å². The van der Waals surface area contributed by atoms with Gasteiger partial charge in [0.2, 0.25) is 0 Å². The standard InChI is InChI=1S/C12H21NO4/c1-16-8-17-11-10(13(7-14)12(11)15)4-2-3-9-5-6-9/h9-11,14H,2-8H2,1H3/t10-,11?/m0/s1. The third-order valence-corrected chi connectivity index (χ3v) is 3.60. The molecule has 1 aliphatic heterocycles. The minimum Gasteiger partial charge on any atom is -0.376 e. The fourth-order valence-corrected chi connectivity index (χ4v) is 2.40. The van der Waals surface area contributed by atoms with Gasteiger partial charge >= 0.3 is 0 Å². The maximum atomic E-state index is 11.6. The van der Waals surface area contributed by atoms with Crippen LogP contribution < -0.4 is 0 Å². The number of carbonyl (C=O) groups excluding carboxylic acids is 1. The van der Waals surface area contributed by atoms with Gasteiger partial charge in [-0.3, -0.25) is 4.79 Å². The molecule has 0 aromatic carbocycles. The number of methoxy groups -OCH3 is 1. The highest BCUT2D eigenvalue weighted by Gasteiger charge is 2.47. The summed E-state index contributed by atoms with van der Waals surface area (Å²) in [6.45, 7) is -0.0748. The Bertz CT molecular complexity index is 267. The molecule has 1 aliphatic carbocycles. The molecule has 5 nitrogen and oxygen atoms in total. The number of likely N-dealkylation sites (tertiary alicyclic amines) is 1. The average molecular weight is 243 g/mol. The lowest BCUT2D eigenvalue weighted by molar-refractivity contribution is -0.195. The van der Waals surface area contributed by atoms with Gasteiger partial charge in [0.25, 0.3) is 5.91 Å². The SMILES string of the molecule is COCOC1C(=O)N(CO)[C@H]1CCCC1CC1. The van der Waals surface area contributed by atoms with Gasteiger partial charge in [-0.15, -0.1) is 0 Å². The number of hydrogen-bond donors (Lipinski definition) is 1. The Hall–Kier alpha value is -0.650. The molecule has 0 aromatic heterocycles. The van der Waals surface area contributed by atoms with Crippen LogP contribution in [0, 0.1) is 5.92 Å². The summed E-state index contributed by atoms with van der Waals surface area (Å²) in [6.07, 6.45) is 5.55. The van der Waals surface area contributed by atoms with E-state index in [1.165, 1.54) is 31.3 Å². The molecule has 1 N–H and O–H groups in total. The molecule has 2 atom stereocenters. The summed E-state index contributed by atoms with van der Waals surface area (Å²) in [7, 11) is 1.54. The van der Waals surface area contributed by atoms with Gasteiger partial charge in [0, 0.05) is 7.11 Å². The van der Waals surface area contributed by atoms with E-state index in [2.05, 4.69) is 0 Å². The number of aliphatic hydroxyl groups excluding tert-OH is 1. The van der Waals surface area contributed by atoms with E-state index in [0.29, 0.717) is 0 Å². The van der Waals surface area contributed by atoms with Crippen molar-refractivity contribution >= 4 is 5.91 Å². The Labute approximate surface area is 102 Å². The first-order chi connectivity index (χ1) is 8.27. The van der Waals surface area contributed by atoms with Crippen LogP contribution in [-0.2, 0) is 14.3 Å². The van der Waals surface area contributed by atoms with Gasteiger partial charge in [-0.1, -0.05) is 25.7 Å². The largest absolute Gasteiger partial charge is 0.376 e. The molecule has 5 heteroatoms. The quantitative estimate of drug-likeness (QED) is 0.504. The molecule has 0 bridgehead atoms. The second kappa shape index (κ2) is 5.80. The average Bonchev–Trinajstić information content (AvgIpc) is 3.13. The van der Waals surface area contributed by atoms with E-state index < -0.39 is 6.10 Å². The first-order valence-electron chi connectivity index (χ1n) is 6.29. The molecule has 1 unspecified atom stereocenters. The molecule has 17 heavy (non-hydrogen) atoms. The third-order valence-electron chi connectivity index (χ3n) is 3.60. The van der Waals surface area contributed by atoms with Crippen molar-refractivity contribution in [2.24, 2.45) is 5.92 Å². The second-order valence-electron chi connectivity index (χ2n) is 4.88. The van der Waals surface area contributed by atoms with Gasteiger partial charge in [-0.05, 0) is 12.3 Å². The van der Waals surface area contributed by atoms with Crippen molar-refractivity contribution in [3.63, 3.8) is 0 Å². The minimum absolute atomic E-state index is 0.0291. The number of nitrogens with zero attached hydrogens (tertiary/aromatic N) is 1. The lowest BCUT2D eigenvalue weighted by Crippen LogP contribution is -2.65. The molecule has 2 aliphatic rings. The Morgan fingerprint density at radius 1 is 1.41 bits per heavy atom. The summed E-state index contributed by atoms with van der Waals surface area (Å²) < 4.78 is 10.1. The first-order valence-corrected chi connectivity index (χ1v) is 6.29. The van der Waals surface area contributed by atoms with Crippen LogP contribution in [0.3, 0.4) is 0 Å². The Balaban J connectivity index is 1.75. The zero-order chi connectivity index (χ0) is 12.3. The van der Waals surface area contributed by atoms with Crippen molar-refractivity contribution in [3.05, 3.63) is 0 Å². The van der Waals surface area contributed by atoms with Crippen LogP contribution in [0.1, 0.15) is 32.1 Å². The maximum absolute atomic E-state index is 11.6. The third kappa shape index (κ3) is 2.97. The zero-order valence-corrected chi connectivity index (χ0v) is 10.3. The number of amides is 1. The van der Waals surface area contributed by atoms with Gasteiger partial charge < -0.3 is 19.5 Å². The first kappa shape index (κ1) is 12.8. The van der Waals surface area contributed by atoms with E-state index in [1.807, 2.05) is 0 Å². The zero-order valence-electron chi connectivity index (χ0n) is 10.3. The molecule has 0 aromatic rings. The topological polar surface area (TPSA) is 59.0 Å². The molecular formula is C12H21NO4. The minimum atomic E-state index is -0.415. The number of hydrogen-bond acceptors (Lipinski definition) is 4. The van der Waals surface area contributed by atoms with E-state index in [4.69, 9.17) is 14.6 Å². The molecule has 98 valence electrons. The highest BCUT2D eigenvalue weighted by atomic mass is 16.7. The van der Waals surface area contributed by atoms with Crippen molar-refractivity contribution in [2.45, 2.75) is 44.2 Å². The normalized spacial score (nSPS) is 28.4. The van der Waals surface area contributed by atoms with Crippen LogP contribution in [0.4, 0.5) is 0 Å². The predicted molar refractivity (Wildman–Crippen MR) is 61.0 cm³/mol. The molecule has 0 spiro atoms. The van der Waals surface area contributed by atoms with Crippen molar-refractivity contribution in [3.8, 4) is 0 Å². The van der Waals surface area contributed by atoms with Crippen molar-refractivity contribution in [1.82, 2.24) is 4.90 Å². The number of ether oxygens (including phenoxy) is 2.